The van der Waals surface area contributed by atoms with E-state index in [1.807, 2.05) is 11.4 Å². The third-order valence-corrected chi connectivity index (χ3v) is 2.30. The van der Waals surface area contributed by atoms with Gasteiger partial charge in [0.15, 0.2) is 0 Å². The molecule has 0 saturated carbocycles. The predicted molar refractivity (Wildman–Crippen MR) is 46.9 cm³/mol. The van der Waals surface area contributed by atoms with Gasteiger partial charge in [0.2, 0.25) is 0 Å². The van der Waals surface area contributed by atoms with Crippen LogP contribution in [-0.2, 0) is 11.2 Å². The van der Waals surface area contributed by atoms with Crippen molar-refractivity contribution in [1.29, 1.82) is 0 Å². The summed E-state index contributed by atoms with van der Waals surface area (Å²) in [5.41, 5.74) is 1.22. The molecule has 0 aliphatic carbocycles. The number of hydrogen-bond donors (Lipinski definition) is 1. The molecular weight excluding hydrogens is 158 g/mol. The normalized spacial score (nSPS) is 12.8. The van der Waals surface area contributed by atoms with E-state index in [0.29, 0.717) is 0 Å². The standard InChI is InChI=1S/C8H11NOS/c1-9-8(5-10)4-7-2-3-11-6-7/h2-3,5-6,8-9H,4H2,1H3/t8-/m0/s1. The number of rotatable bonds is 4. The van der Waals surface area contributed by atoms with Gasteiger partial charge in [0.1, 0.15) is 6.29 Å². The monoisotopic (exact) mass is 169 g/mol. The van der Waals surface area contributed by atoms with Crippen molar-refractivity contribution in [1.82, 2.24) is 5.32 Å². The molecule has 0 spiro atoms. The molecule has 0 aliphatic heterocycles. The van der Waals surface area contributed by atoms with E-state index in [2.05, 4.69) is 10.7 Å². The first-order valence-electron chi connectivity index (χ1n) is 3.50. The summed E-state index contributed by atoms with van der Waals surface area (Å²) < 4.78 is 0. The smallest absolute Gasteiger partial charge is 0.137 e. The predicted octanol–water partition coefficient (Wildman–Crippen LogP) is 1.08. The second kappa shape index (κ2) is 4.26. The fraction of sp³-hybridized carbons (Fsp3) is 0.375. The lowest BCUT2D eigenvalue weighted by Crippen LogP contribution is -2.28. The first-order valence-corrected chi connectivity index (χ1v) is 4.44. The van der Waals surface area contributed by atoms with Gasteiger partial charge in [-0.1, -0.05) is 0 Å². The van der Waals surface area contributed by atoms with E-state index in [9.17, 15) is 4.79 Å². The molecule has 0 aromatic carbocycles. The van der Waals surface area contributed by atoms with Crippen LogP contribution >= 0.6 is 11.3 Å². The molecule has 0 aliphatic rings. The minimum Gasteiger partial charge on any atom is -0.311 e. The highest BCUT2D eigenvalue weighted by Crippen LogP contribution is 2.07. The topological polar surface area (TPSA) is 29.1 Å². The van der Waals surface area contributed by atoms with Crippen molar-refractivity contribution < 1.29 is 4.79 Å². The van der Waals surface area contributed by atoms with Crippen molar-refractivity contribution >= 4 is 17.6 Å². The van der Waals surface area contributed by atoms with Crippen LogP contribution < -0.4 is 5.32 Å². The molecule has 2 nitrogen and oxygen atoms in total. The molecule has 1 atom stereocenters. The van der Waals surface area contributed by atoms with Gasteiger partial charge in [0, 0.05) is 0 Å². The average molecular weight is 169 g/mol. The molecule has 0 radical (unpaired) electrons. The Morgan fingerprint density at radius 3 is 3.09 bits per heavy atom. The Morgan fingerprint density at radius 1 is 1.82 bits per heavy atom. The number of nitrogens with one attached hydrogen (secondary N) is 1. The molecule has 1 aromatic rings. The average Bonchev–Trinajstić information content (AvgIpc) is 2.52. The van der Waals surface area contributed by atoms with E-state index in [1.54, 1.807) is 18.4 Å². The van der Waals surface area contributed by atoms with Crippen molar-refractivity contribution in [3.05, 3.63) is 22.4 Å². The first kappa shape index (κ1) is 8.43. The Labute approximate surface area is 70.2 Å². The van der Waals surface area contributed by atoms with E-state index >= 15 is 0 Å². The summed E-state index contributed by atoms with van der Waals surface area (Å²) in [6.07, 6.45) is 1.74. The van der Waals surface area contributed by atoms with Crippen LogP contribution in [0.1, 0.15) is 5.56 Å². The van der Waals surface area contributed by atoms with Crippen molar-refractivity contribution in [2.45, 2.75) is 12.5 Å². The molecule has 3 heteroatoms. The van der Waals surface area contributed by atoms with Crippen LogP contribution in [-0.4, -0.2) is 19.4 Å². The highest BCUT2D eigenvalue weighted by atomic mass is 32.1. The number of likely N-dealkylation sites (N-methyl/N-ethyl adjacent to an activating group) is 1. The van der Waals surface area contributed by atoms with Crippen LogP contribution in [0.4, 0.5) is 0 Å². The first-order chi connectivity index (χ1) is 5.36. The second-order valence-corrected chi connectivity index (χ2v) is 3.15. The Kier molecular flexibility index (Phi) is 3.26. The SMILES string of the molecule is CN[C@H](C=O)Cc1ccsc1. The zero-order valence-corrected chi connectivity index (χ0v) is 7.23. The van der Waals surface area contributed by atoms with E-state index in [4.69, 9.17) is 0 Å². The van der Waals surface area contributed by atoms with Gasteiger partial charge in [-0.25, -0.2) is 0 Å². The third-order valence-electron chi connectivity index (χ3n) is 1.57. The molecule has 0 amide bonds. The molecule has 1 N–H and O–H groups in total. The van der Waals surface area contributed by atoms with Crippen LogP contribution in [0.3, 0.4) is 0 Å². The van der Waals surface area contributed by atoms with Gasteiger partial charge in [-0.15, -0.1) is 0 Å². The largest absolute Gasteiger partial charge is 0.311 e. The second-order valence-electron chi connectivity index (χ2n) is 2.37. The zero-order valence-electron chi connectivity index (χ0n) is 6.41. The van der Waals surface area contributed by atoms with Crippen LogP contribution in [0.15, 0.2) is 16.8 Å². The molecule has 1 heterocycles. The van der Waals surface area contributed by atoms with E-state index in [0.717, 1.165) is 12.7 Å². The highest BCUT2D eigenvalue weighted by Gasteiger charge is 2.04. The number of aldehydes is 1. The minimum atomic E-state index is -0.0374. The number of hydrogen-bond acceptors (Lipinski definition) is 3. The van der Waals surface area contributed by atoms with Crippen LogP contribution in [0.2, 0.25) is 0 Å². The van der Waals surface area contributed by atoms with Gasteiger partial charge in [0.05, 0.1) is 6.04 Å². The molecule has 0 fully saturated rings. The van der Waals surface area contributed by atoms with Crippen LogP contribution in [0.25, 0.3) is 0 Å². The molecule has 1 aromatic heterocycles. The van der Waals surface area contributed by atoms with Gasteiger partial charge < -0.3 is 10.1 Å². The van der Waals surface area contributed by atoms with Crippen molar-refractivity contribution in [2.24, 2.45) is 0 Å². The summed E-state index contributed by atoms with van der Waals surface area (Å²) >= 11 is 1.66. The fourth-order valence-corrected chi connectivity index (χ4v) is 1.56. The molecule has 1 rings (SSSR count). The summed E-state index contributed by atoms with van der Waals surface area (Å²) in [7, 11) is 1.80. The molecule has 60 valence electrons. The maximum Gasteiger partial charge on any atom is 0.137 e. The molecular formula is C8H11NOS. The van der Waals surface area contributed by atoms with E-state index in [-0.39, 0.29) is 6.04 Å². The zero-order chi connectivity index (χ0) is 8.10. The Morgan fingerprint density at radius 2 is 2.64 bits per heavy atom. The number of carbonyl (C=O) groups is 1. The summed E-state index contributed by atoms with van der Waals surface area (Å²) in [5.74, 6) is 0. The van der Waals surface area contributed by atoms with Gasteiger partial charge >= 0.3 is 0 Å². The Hall–Kier alpha value is -0.670. The van der Waals surface area contributed by atoms with Gasteiger partial charge in [0.25, 0.3) is 0 Å². The lowest BCUT2D eigenvalue weighted by molar-refractivity contribution is -0.109. The minimum absolute atomic E-state index is 0.0374. The lowest BCUT2D eigenvalue weighted by atomic mass is 10.1. The van der Waals surface area contributed by atoms with Crippen LogP contribution in [0, 0.1) is 0 Å². The molecule has 0 unspecified atom stereocenters. The maximum absolute atomic E-state index is 10.4. The fourth-order valence-electron chi connectivity index (χ4n) is 0.881. The van der Waals surface area contributed by atoms with Gasteiger partial charge in [-0.3, -0.25) is 0 Å². The molecule has 0 saturated heterocycles. The van der Waals surface area contributed by atoms with Crippen molar-refractivity contribution in [3.8, 4) is 0 Å². The summed E-state index contributed by atoms with van der Waals surface area (Å²) in [4.78, 5) is 10.4. The van der Waals surface area contributed by atoms with Crippen molar-refractivity contribution in [3.63, 3.8) is 0 Å². The van der Waals surface area contributed by atoms with Crippen LogP contribution in [0.5, 0.6) is 0 Å². The summed E-state index contributed by atoms with van der Waals surface area (Å²) in [5, 5.41) is 7.01. The Balaban J connectivity index is 2.47. The maximum atomic E-state index is 10.4. The molecule has 0 bridgehead atoms. The number of carbonyl (C=O) groups excluding carboxylic acids is 1. The summed E-state index contributed by atoms with van der Waals surface area (Å²) in [6, 6.07) is 2.00. The van der Waals surface area contributed by atoms with Gasteiger partial charge in [-0.05, 0) is 35.9 Å². The molecule has 11 heavy (non-hydrogen) atoms. The quantitative estimate of drug-likeness (QED) is 0.683. The van der Waals surface area contributed by atoms with E-state index < -0.39 is 0 Å². The highest BCUT2D eigenvalue weighted by molar-refractivity contribution is 7.07. The van der Waals surface area contributed by atoms with Crippen molar-refractivity contribution in [2.75, 3.05) is 7.05 Å². The summed E-state index contributed by atoms with van der Waals surface area (Å²) in [6.45, 7) is 0. The third kappa shape index (κ3) is 2.44. The number of thiophene rings is 1. The Bertz CT molecular complexity index is 208. The van der Waals surface area contributed by atoms with E-state index in [1.165, 1.54) is 5.56 Å². The van der Waals surface area contributed by atoms with Gasteiger partial charge in [-0.2, -0.15) is 11.3 Å². The lowest BCUT2D eigenvalue weighted by Gasteiger charge is -2.05.